The third kappa shape index (κ3) is 41.8. The number of Topliss-reactive ketones (excluding diaryl/α,β-unsaturated/α-hetero) is 2. The Balaban J connectivity index is 1.05. The fourth-order valence-electron chi connectivity index (χ4n) is 12.3. The first kappa shape index (κ1) is 94.2. The van der Waals surface area contributed by atoms with E-state index in [0.717, 1.165) is 14.7 Å². The van der Waals surface area contributed by atoms with Crippen LogP contribution < -0.4 is 60.2 Å². The number of thiocarbonyl (C=S) groups is 1. The number of benzene rings is 3. The van der Waals surface area contributed by atoms with Crippen LogP contribution >= 0.6 is 34.8 Å². The highest BCUT2D eigenvalue weighted by Gasteiger charge is 2.30. The topological polar surface area (TPSA) is 525 Å². The first-order valence-electron chi connectivity index (χ1n) is 37.9. The predicted molar refractivity (Wildman–Crippen MR) is 432 cm³/mol. The van der Waals surface area contributed by atoms with Crippen LogP contribution in [0.25, 0.3) is 11.3 Å². The molecule has 38 heteroatoms. The minimum atomic E-state index is -1.22. The number of hydrogen-bond acceptors (Lipinski definition) is 22. The molecule has 3 aromatic carbocycles. The zero-order chi connectivity index (χ0) is 82.3. The van der Waals surface area contributed by atoms with E-state index < -0.39 is 83.3 Å². The van der Waals surface area contributed by atoms with Crippen LogP contribution in [0.3, 0.4) is 0 Å². The van der Waals surface area contributed by atoms with Gasteiger partial charge < -0.3 is 89.7 Å². The van der Waals surface area contributed by atoms with Crippen molar-refractivity contribution in [3.8, 4) is 11.3 Å². The Morgan fingerprint density at radius 1 is 0.549 bits per heavy atom. The highest BCUT2D eigenvalue weighted by molar-refractivity contribution is 14.1. The number of anilines is 2. The van der Waals surface area contributed by atoms with E-state index in [-0.39, 0.29) is 129 Å². The van der Waals surface area contributed by atoms with Gasteiger partial charge in [0.15, 0.2) is 10.9 Å². The second-order valence-electron chi connectivity index (χ2n) is 27.5. The summed E-state index contributed by atoms with van der Waals surface area (Å²) in [5, 5.41) is 56.7. The molecule has 622 valence electrons. The zero-order valence-corrected chi connectivity index (χ0v) is 66.9. The largest absolute Gasteiger partial charge is 0.481 e. The standard InChI is InChI=1S/C75H111IN18O18S/c76-56-21-17-53(18-22-56)43-60(95)13-3-1-2-10-55(71(104)105)45-64(96)61(14-4-7-27-83-75(113)85-57-23-19-52(20-24-57)42-59-46-92(50-67(79)99)32-31-90(48-65(77)97)29-30-91(49-66(78)98)33-34-93(59)51-68(80)100)86-69(101)25-36-110-38-40-112-41-39-111-37-35-94-47-63(88-89-94)54-11-8-12-58(44-54)84-73(108)81-26-6-5-15-62(72(106)107)87-74(109)82-28-9-16-70(102)103/h8,11-12,17-24,44,47,55,59,61-62H,1-7,9-10,13-16,25-43,45-46,48-51H2,(H2,77,97)(H2,78,98)(H2,79,99)(H2,80,100)(H,86,101)(H,102,103)(H,104,105)(H,106,107)(H2,81,84,108)(H2,82,87,109)(H2,83,85,113). The second kappa shape index (κ2) is 53.6. The molecule has 0 radical (unpaired) electrons. The molecule has 9 amide bonds. The summed E-state index contributed by atoms with van der Waals surface area (Å²) in [4.78, 5) is 156. The fourth-order valence-corrected chi connectivity index (χ4v) is 12.9. The number of ketones is 2. The van der Waals surface area contributed by atoms with E-state index in [9.17, 15) is 67.7 Å². The van der Waals surface area contributed by atoms with Gasteiger partial charge in [0.05, 0.1) is 90.5 Å². The minimum Gasteiger partial charge on any atom is -0.481 e. The minimum absolute atomic E-state index is 0.0186. The number of primary amides is 4. The summed E-state index contributed by atoms with van der Waals surface area (Å²) in [5.41, 5.74) is 26.9. The summed E-state index contributed by atoms with van der Waals surface area (Å²) in [5.74, 6) is -7.34. The van der Waals surface area contributed by atoms with Crippen molar-refractivity contribution in [2.75, 3.05) is 142 Å². The first-order chi connectivity index (χ1) is 54.2. The lowest BCUT2D eigenvalue weighted by Gasteiger charge is -2.38. The van der Waals surface area contributed by atoms with Gasteiger partial charge in [-0.15, -0.1) is 5.10 Å². The van der Waals surface area contributed by atoms with Crippen LogP contribution in [-0.4, -0.2) is 275 Å². The number of urea groups is 2. The molecule has 5 rings (SSSR count). The average molecular weight is 1710 g/mol. The number of carbonyl (C=O) groups is 12. The van der Waals surface area contributed by atoms with E-state index in [1.165, 1.54) is 0 Å². The van der Waals surface area contributed by atoms with E-state index in [2.05, 4.69) is 70.1 Å². The van der Waals surface area contributed by atoms with E-state index in [4.69, 9.17) is 54.5 Å². The number of carboxylic acids is 3. The molecule has 2 heterocycles. The SMILES string of the molecule is NC(=O)CN1CCN(CC(N)=O)CCN(CC(N)=O)C(Cc2ccc(NC(=S)NCCCCC(NC(=O)CCOCCOCCOCCn3cc(-c4cccc(NC(=O)NCCCCC(NC(=O)NCCCC(=O)O)C(=O)O)c4)nn3)C(=O)CC(CCCCCC(=O)Cc3ccc(I)cc3)C(=O)O)cc2)CN(CC(N)=O)CC1. The molecule has 4 unspecified atom stereocenters. The average Bonchev–Trinajstić information content (AvgIpc) is 1.28. The second-order valence-corrected chi connectivity index (χ2v) is 29.2. The highest BCUT2D eigenvalue weighted by atomic mass is 127. The number of ether oxygens (including phenoxy) is 3. The van der Waals surface area contributed by atoms with E-state index >= 15 is 0 Å². The van der Waals surface area contributed by atoms with Crippen LogP contribution in [0.5, 0.6) is 0 Å². The molecule has 1 aromatic heterocycles. The van der Waals surface area contributed by atoms with Crippen molar-refractivity contribution in [2.24, 2.45) is 28.9 Å². The quantitative estimate of drug-likeness (QED) is 0.0171. The van der Waals surface area contributed by atoms with Crippen LogP contribution in [-0.2, 0) is 81.5 Å². The molecule has 0 saturated carbocycles. The third-order valence-electron chi connectivity index (χ3n) is 18.2. The molecular formula is C75H111IN18O18S. The number of halogens is 1. The lowest BCUT2D eigenvalue weighted by molar-refractivity contribution is -0.144. The Morgan fingerprint density at radius 2 is 1.12 bits per heavy atom. The number of nitrogens with two attached hydrogens (primary N) is 4. The Bertz CT molecular complexity index is 3690. The van der Waals surface area contributed by atoms with Gasteiger partial charge in [0.2, 0.25) is 29.5 Å². The van der Waals surface area contributed by atoms with Gasteiger partial charge in [0.25, 0.3) is 0 Å². The van der Waals surface area contributed by atoms with Gasteiger partial charge in [0, 0.05) is 124 Å². The van der Waals surface area contributed by atoms with Crippen LogP contribution in [0.4, 0.5) is 21.0 Å². The number of nitrogens with one attached hydrogen (secondary N) is 7. The molecule has 1 saturated heterocycles. The number of carbonyl (C=O) groups excluding carboxylic acids is 9. The molecule has 18 N–H and O–H groups in total. The molecule has 1 aliphatic heterocycles. The van der Waals surface area contributed by atoms with Crippen molar-refractivity contribution in [3.05, 3.63) is 93.7 Å². The summed E-state index contributed by atoms with van der Waals surface area (Å²) in [6.07, 6.45) is 6.52. The predicted octanol–water partition coefficient (Wildman–Crippen LogP) is 2.04. The van der Waals surface area contributed by atoms with Crippen LogP contribution in [0.1, 0.15) is 107 Å². The van der Waals surface area contributed by atoms with Crippen molar-refractivity contribution < 1.29 is 87.1 Å². The molecule has 0 bridgehead atoms. The number of hydrogen-bond donors (Lipinski definition) is 14. The maximum absolute atomic E-state index is 14.0. The molecule has 1 aliphatic rings. The van der Waals surface area contributed by atoms with Gasteiger partial charge in [-0.2, -0.15) is 0 Å². The molecule has 0 spiro atoms. The summed E-state index contributed by atoms with van der Waals surface area (Å²) < 4.78 is 19.8. The number of amides is 9. The van der Waals surface area contributed by atoms with Gasteiger partial charge in [-0.3, -0.25) is 62.8 Å². The van der Waals surface area contributed by atoms with E-state index in [1.807, 2.05) is 74.2 Å². The van der Waals surface area contributed by atoms with Crippen molar-refractivity contribution in [3.63, 3.8) is 0 Å². The number of carboxylic acid groups (broad SMARTS) is 3. The summed E-state index contributed by atoms with van der Waals surface area (Å²) >= 11 is 7.86. The molecule has 0 aliphatic carbocycles. The Morgan fingerprint density at radius 3 is 1.76 bits per heavy atom. The van der Waals surface area contributed by atoms with Crippen LogP contribution in [0, 0.1) is 9.49 Å². The zero-order valence-electron chi connectivity index (χ0n) is 63.9. The maximum Gasteiger partial charge on any atom is 0.326 e. The van der Waals surface area contributed by atoms with Crippen molar-refractivity contribution >= 4 is 122 Å². The molecular weight excluding hydrogens is 1600 g/mol. The lowest BCUT2D eigenvalue weighted by Crippen LogP contribution is -2.54. The Kier molecular flexibility index (Phi) is 44.6. The van der Waals surface area contributed by atoms with E-state index in [0.29, 0.717) is 157 Å². The van der Waals surface area contributed by atoms with Gasteiger partial charge in [0.1, 0.15) is 17.5 Å². The van der Waals surface area contributed by atoms with Crippen molar-refractivity contribution in [1.29, 1.82) is 0 Å². The third-order valence-corrected chi connectivity index (χ3v) is 19.1. The van der Waals surface area contributed by atoms with E-state index in [1.54, 1.807) is 29.1 Å². The normalized spacial score (nSPS) is 14.7. The number of unbranched alkanes of at least 4 members (excludes halogenated alkanes) is 4. The Hall–Kier alpha value is -9.42. The summed E-state index contributed by atoms with van der Waals surface area (Å²) in [7, 11) is 0. The van der Waals surface area contributed by atoms with Crippen LogP contribution in [0.15, 0.2) is 79.0 Å². The van der Waals surface area contributed by atoms with Crippen LogP contribution in [0.2, 0.25) is 0 Å². The molecule has 4 atom stereocenters. The van der Waals surface area contributed by atoms with Gasteiger partial charge in [-0.25, -0.2) is 19.1 Å². The van der Waals surface area contributed by atoms with Gasteiger partial charge in [-0.1, -0.05) is 54.5 Å². The molecule has 4 aromatic rings. The fraction of sp³-hybridized carbons (Fsp3) is 0.560. The first-order valence-corrected chi connectivity index (χ1v) is 39.4. The maximum atomic E-state index is 14.0. The number of rotatable bonds is 54. The monoisotopic (exact) mass is 1710 g/mol. The van der Waals surface area contributed by atoms with Crippen molar-refractivity contribution in [1.82, 2.24) is 61.2 Å². The molecule has 36 nitrogen and oxygen atoms in total. The Labute approximate surface area is 676 Å². The molecule has 1 fully saturated rings. The summed E-state index contributed by atoms with van der Waals surface area (Å²) in [6, 6.07) is 18.5. The van der Waals surface area contributed by atoms with Crippen molar-refractivity contribution in [2.45, 2.75) is 134 Å². The van der Waals surface area contributed by atoms with Gasteiger partial charge in [-0.05, 0) is 147 Å². The number of nitrogens with zero attached hydrogens (tertiary/aromatic N) is 7. The smallest absolute Gasteiger partial charge is 0.326 e. The van der Waals surface area contributed by atoms with Gasteiger partial charge >= 0.3 is 30.0 Å². The molecule has 113 heavy (non-hydrogen) atoms. The number of aliphatic carboxylic acids is 3. The number of aromatic nitrogens is 3. The summed E-state index contributed by atoms with van der Waals surface area (Å²) in [6.45, 7) is 4.35. The highest BCUT2D eigenvalue weighted by Crippen LogP contribution is 2.23. The lowest BCUT2D eigenvalue weighted by atomic mass is 9.91.